The van der Waals surface area contributed by atoms with Crippen LogP contribution in [0.5, 0.6) is 0 Å². The number of amides is 2. The first-order chi connectivity index (χ1) is 8.91. The average Bonchev–Trinajstić information content (AvgIpc) is 2.68. The summed E-state index contributed by atoms with van der Waals surface area (Å²) in [7, 11) is 0. The molecule has 0 bridgehead atoms. The maximum absolute atomic E-state index is 11.5. The van der Waals surface area contributed by atoms with Crippen molar-refractivity contribution in [2.24, 2.45) is 0 Å². The predicted molar refractivity (Wildman–Crippen MR) is 62.0 cm³/mol. The van der Waals surface area contributed by atoms with Gasteiger partial charge in [0.2, 0.25) is 0 Å². The van der Waals surface area contributed by atoms with Crippen molar-refractivity contribution in [3.05, 3.63) is 41.5 Å². The third-order valence-corrected chi connectivity index (χ3v) is 2.53. The van der Waals surface area contributed by atoms with Gasteiger partial charge in [0.15, 0.2) is 0 Å². The zero-order chi connectivity index (χ0) is 14.2. The van der Waals surface area contributed by atoms with Crippen molar-refractivity contribution < 1.29 is 29.4 Å². The minimum absolute atomic E-state index is 0.215. The number of hydrogen-bond acceptors (Lipinski definition) is 4. The van der Waals surface area contributed by atoms with Crippen LogP contribution in [0.15, 0.2) is 30.4 Å². The standard InChI is InChI=1S/C12H7NO6/c14-9-3-4-10(15)13(9)8-5-6(11(16)17)1-2-7(8)12(18)19/h1-5H,(H,16,17)(H,18,19). The smallest absolute Gasteiger partial charge is 0.337 e. The van der Waals surface area contributed by atoms with E-state index in [1.807, 2.05) is 0 Å². The van der Waals surface area contributed by atoms with E-state index in [0.717, 1.165) is 30.4 Å². The van der Waals surface area contributed by atoms with E-state index < -0.39 is 23.8 Å². The highest BCUT2D eigenvalue weighted by molar-refractivity contribution is 6.29. The first-order valence-corrected chi connectivity index (χ1v) is 5.08. The van der Waals surface area contributed by atoms with Gasteiger partial charge in [-0.25, -0.2) is 14.5 Å². The molecule has 7 heteroatoms. The van der Waals surface area contributed by atoms with Crippen molar-refractivity contribution in [1.29, 1.82) is 0 Å². The number of carbonyl (C=O) groups excluding carboxylic acids is 2. The van der Waals surface area contributed by atoms with Crippen LogP contribution in [0.1, 0.15) is 20.7 Å². The van der Waals surface area contributed by atoms with E-state index in [4.69, 9.17) is 10.2 Å². The molecular formula is C12H7NO6. The van der Waals surface area contributed by atoms with Gasteiger partial charge < -0.3 is 10.2 Å². The average molecular weight is 261 g/mol. The molecule has 2 rings (SSSR count). The Morgan fingerprint density at radius 3 is 2.00 bits per heavy atom. The van der Waals surface area contributed by atoms with Gasteiger partial charge in [0.1, 0.15) is 0 Å². The van der Waals surface area contributed by atoms with Crippen molar-refractivity contribution in [1.82, 2.24) is 0 Å². The lowest BCUT2D eigenvalue weighted by Crippen LogP contribution is -2.31. The lowest BCUT2D eigenvalue weighted by atomic mass is 10.1. The van der Waals surface area contributed by atoms with Crippen LogP contribution in [0.3, 0.4) is 0 Å². The molecule has 2 amide bonds. The fraction of sp³-hybridized carbons (Fsp3) is 0. The predicted octanol–water partition coefficient (Wildman–Crippen LogP) is 0.512. The molecule has 0 fully saturated rings. The topological polar surface area (TPSA) is 112 Å². The number of rotatable bonds is 3. The summed E-state index contributed by atoms with van der Waals surface area (Å²) < 4.78 is 0. The molecule has 0 aliphatic carbocycles. The Bertz CT molecular complexity index is 628. The molecule has 7 nitrogen and oxygen atoms in total. The van der Waals surface area contributed by atoms with E-state index in [9.17, 15) is 19.2 Å². The lowest BCUT2D eigenvalue weighted by Gasteiger charge is -2.16. The summed E-state index contributed by atoms with van der Waals surface area (Å²) in [5.41, 5.74) is -0.796. The van der Waals surface area contributed by atoms with Crippen molar-refractivity contribution >= 4 is 29.4 Å². The quantitative estimate of drug-likeness (QED) is 0.767. The molecule has 0 unspecified atom stereocenters. The van der Waals surface area contributed by atoms with Crippen LogP contribution < -0.4 is 4.90 Å². The highest BCUT2D eigenvalue weighted by Crippen LogP contribution is 2.25. The molecule has 2 N–H and O–H groups in total. The molecule has 0 spiro atoms. The molecule has 0 saturated carbocycles. The van der Waals surface area contributed by atoms with Gasteiger partial charge in [0, 0.05) is 12.2 Å². The van der Waals surface area contributed by atoms with Crippen molar-refractivity contribution in [2.45, 2.75) is 0 Å². The van der Waals surface area contributed by atoms with Gasteiger partial charge in [-0.05, 0) is 18.2 Å². The zero-order valence-corrected chi connectivity index (χ0v) is 9.36. The highest BCUT2D eigenvalue weighted by atomic mass is 16.4. The number of carboxylic acid groups (broad SMARTS) is 2. The van der Waals surface area contributed by atoms with Gasteiger partial charge >= 0.3 is 11.9 Å². The molecule has 96 valence electrons. The first kappa shape index (κ1) is 12.5. The zero-order valence-electron chi connectivity index (χ0n) is 9.36. The summed E-state index contributed by atoms with van der Waals surface area (Å²) in [5.74, 6) is -4.07. The molecule has 1 aliphatic heterocycles. The number of anilines is 1. The largest absolute Gasteiger partial charge is 0.478 e. The molecule has 1 heterocycles. The first-order valence-electron chi connectivity index (χ1n) is 5.08. The summed E-state index contributed by atoms with van der Waals surface area (Å²) in [6.45, 7) is 0. The molecule has 0 aromatic heterocycles. The number of carbonyl (C=O) groups is 4. The van der Waals surface area contributed by atoms with Gasteiger partial charge in [-0.1, -0.05) is 0 Å². The SMILES string of the molecule is O=C(O)c1ccc(C(=O)O)c(N2C(=O)C=CC2=O)c1. The van der Waals surface area contributed by atoms with E-state index >= 15 is 0 Å². The van der Waals surface area contributed by atoms with Crippen molar-refractivity contribution in [3.8, 4) is 0 Å². The number of imide groups is 1. The summed E-state index contributed by atoms with van der Waals surface area (Å²) in [6, 6.07) is 3.11. The second-order valence-corrected chi connectivity index (χ2v) is 3.69. The maximum Gasteiger partial charge on any atom is 0.337 e. The number of hydrogen-bond donors (Lipinski definition) is 2. The Morgan fingerprint density at radius 1 is 0.947 bits per heavy atom. The second kappa shape index (κ2) is 4.37. The molecular weight excluding hydrogens is 254 g/mol. The Hall–Kier alpha value is -2.96. The number of aromatic carboxylic acids is 2. The highest BCUT2D eigenvalue weighted by Gasteiger charge is 2.29. The third-order valence-electron chi connectivity index (χ3n) is 2.53. The van der Waals surface area contributed by atoms with Gasteiger partial charge in [-0.3, -0.25) is 9.59 Å². The van der Waals surface area contributed by atoms with Gasteiger partial charge in [-0.15, -0.1) is 0 Å². The van der Waals surface area contributed by atoms with E-state index in [1.54, 1.807) is 0 Å². The van der Waals surface area contributed by atoms with Crippen LogP contribution in [0.4, 0.5) is 5.69 Å². The number of benzene rings is 1. The van der Waals surface area contributed by atoms with Crippen LogP contribution in [0.25, 0.3) is 0 Å². The van der Waals surface area contributed by atoms with E-state index in [2.05, 4.69) is 0 Å². The maximum atomic E-state index is 11.5. The molecule has 1 aromatic rings. The summed E-state index contributed by atoms with van der Waals surface area (Å²) in [6.07, 6.45) is 1.98. The molecule has 0 atom stereocenters. The van der Waals surface area contributed by atoms with Crippen LogP contribution in [-0.2, 0) is 9.59 Å². The number of carboxylic acids is 2. The van der Waals surface area contributed by atoms with Crippen LogP contribution in [0, 0.1) is 0 Å². The fourth-order valence-corrected chi connectivity index (χ4v) is 1.67. The van der Waals surface area contributed by atoms with E-state index in [1.165, 1.54) is 0 Å². The minimum atomic E-state index is -1.36. The monoisotopic (exact) mass is 261 g/mol. The lowest BCUT2D eigenvalue weighted by molar-refractivity contribution is -0.119. The molecule has 0 saturated heterocycles. The molecule has 1 aromatic carbocycles. The minimum Gasteiger partial charge on any atom is -0.478 e. The Morgan fingerprint density at radius 2 is 1.53 bits per heavy atom. The van der Waals surface area contributed by atoms with Crippen LogP contribution in [-0.4, -0.2) is 34.0 Å². The van der Waals surface area contributed by atoms with Gasteiger partial charge in [-0.2, -0.15) is 0 Å². The van der Waals surface area contributed by atoms with Crippen molar-refractivity contribution in [2.75, 3.05) is 4.90 Å². The summed E-state index contributed by atoms with van der Waals surface area (Å²) in [5, 5.41) is 17.9. The summed E-state index contributed by atoms with van der Waals surface area (Å²) in [4.78, 5) is 45.6. The second-order valence-electron chi connectivity index (χ2n) is 3.69. The molecule has 1 aliphatic rings. The normalized spacial score (nSPS) is 14.0. The Kier molecular flexibility index (Phi) is 2.88. The van der Waals surface area contributed by atoms with E-state index in [0.29, 0.717) is 4.90 Å². The van der Waals surface area contributed by atoms with E-state index in [-0.39, 0.29) is 16.8 Å². The Labute approximate surface area is 106 Å². The molecule has 19 heavy (non-hydrogen) atoms. The van der Waals surface area contributed by atoms with Crippen molar-refractivity contribution in [3.63, 3.8) is 0 Å². The van der Waals surface area contributed by atoms with Crippen LogP contribution in [0.2, 0.25) is 0 Å². The number of nitrogens with zero attached hydrogens (tertiary/aromatic N) is 1. The van der Waals surface area contributed by atoms with Gasteiger partial charge in [0.25, 0.3) is 11.8 Å². The third kappa shape index (κ3) is 2.08. The molecule has 0 radical (unpaired) electrons. The summed E-state index contributed by atoms with van der Waals surface area (Å²) >= 11 is 0. The van der Waals surface area contributed by atoms with Crippen LogP contribution >= 0.6 is 0 Å². The Balaban J connectivity index is 2.62. The van der Waals surface area contributed by atoms with Gasteiger partial charge in [0.05, 0.1) is 16.8 Å². The fourth-order valence-electron chi connectivity index (χ4n) is 1.67.